The Bertz CT molecular complexity index is 561. The average Bonchev–Trinajstić information content (AvgIpc) is 2.89. The monoisotopic (exact) mass is 252 g/mol. The summed E-state index contributed by atoms with van der Waals surface area (Å²) in [7, 11) is 1.54. The summed E-state index contributed by atoms with van der Waals surface area (Å²) in [5.74, 6) is -1.47. The molecule has 2 N–H and O–H groups in total. The summed E-state index contributed by atoms with van der Waals surface area (Å²) in [5, 5.41) is 16.7. The molecule has 0 atom stereocenters. The fraction of sp³-hybridized carbons (Fsp3) is 0.111. The second kappa shape index (κ2) is 4.34. The number of amides is 1. The Morgan fingerprint density at radius 2 is 2.29 bits per heavy atom. The summed E-state index contributed by atoms with van der Waals surface area (Å²) in [6, 6.07) is 0. The molecule has 7 nitrogen and oxygen atoms in total. The molecule has 0 radical (unpaired) electrons. The molecular weight excluding hydrogens is 244 g/mol. The van der Waals surface area contributed by atoms with Crippen molar-refractivity contribution in [2.75, 3.05) is 5.32 Å². The first-order chi connectivity index (χ1) is 8.09. The first-order valence-corrected chi connectivity index (χ1v) is 5.48. The topological polar surface area (TPSA) is 97.1 Å². The lowest BCUT2D eigenvalue weighted by Crippen LogP contribution is -2.17. The van der Waals surface area contributed by atoms with E-state index < -0.39 is 11.9 Å². The summed E-state index contributed by atoms with van der Waals surface area (Å²) in [4.78, 5) is 26.4. The summed E-state index contributed by atoms with van der Waals surface area (Å²) in [6.45, 7) is 0. The molecule has 2 aromatic heterocycles. The number of aromatic nitrogens is 3. The van der Waals surface area contributed by atoms with E-state index in [-0.39, 0.29) is 17.1 Å². The molecule has 0 saturated carbocycles. The van der Waals surface area contributed by atoms with E-state index in [1.54, 1.807) is 12.4 Å². The Kier molecular flexibility index (Phi) is 2.88. The second-order valence-corrected chi connectivity index (χ2v) is 3.88. The van der Waals surface area contributed by atoms with Crippen LogP contribution in [0.25, 0.3) is 0 Å². The molecule has 1 amide bonds. The van der Waals surface area contributed by atoms with Gasteiger partial charge in [-0.1, -0.05) is 0 Å². The summed E-state index contributed by atoms with van der Waals surface area (Å²) < 4.78 is 1.29. The van der Waals surface area contributed by atoms with Crippen LogP contribution in [0.1, 0.15) is 20.8 Å². The Hall–Kier alpha value is -2.22. The van der Waals surface area contributed by atoms with Crippen LogP contribution in [0.15, 0.2) is 17.1 Å². The van der Waals surface area contributed by atoms with E-state index in [2.05, 4.69) is 15.4 Å². The number of anilines is 1. The van der Waals surface area contributed by atoms with Gasteiger partial charge in [-0.15, -0.1) is 11.3 Å². The lowest BCUT2D eigenvalue weighted by molar-refractivity contribution is 0.0698. The average molecular weight is 252 g/mol. The third-order valence-electron chi connectivity index (χ3n) is 2.07. The number of aryl methyl sites for hydroxylation is 1. The normalized spacial score (nSPS) is 10.2. The molecule has 0 bridgehead atoms. The van der Waals surface area contributed by atoms with E-state index in [4.69, 9.17) is 5.11 Å². The quantitative estimate of drug-likeness (QED) is 0.843. The second-order valence-electron chi connectivity index (χ2n) is 3.16. The zero-order valence-corrected chi connectivity index (χ0v) is 9.56. The molecule has 0 spiro atoms. The van der Waals surface area contributed by atoms with Gasteiger partial charge in [0.2, 0.25) is 0 Å². The van der Waals surface area contributed by atoms with Gasteiger partial charge in [0.15, 0.2) is 0 Å². The highest BCUT2D eigenvalue weighted by atomic mass is 32.1. The highest BCUT2D eigenvalue weighted by Gasteiger charge is 2.18. The van der Waals surface area contributed by atoms with Crippen molar-refractivity contribution in [2.24, 2.45) is 7.05 Å². The minimum absolute atomic E-state index is 0.0592. The van der Waals surface area contributed by atoms with Crippen molar-refractivity contribution < 1.29 is 14.7 Å². The highest BCUT2D eigenvalue weighted by Crippen LogP contribution is 2.15. The number of nitrogens with one attached hydrogen (secondary N) is 1. The number of aromatic carboxylic acids is 1. The van der Waals surface area contributed by atoms with E-state index in [9.17, 15) is 9.59 Å². The molecular formula is C9H8N4O3S. The summed E-state index contributed by atoms with van der Waals surface area (Å²) >= 11 is 1.28. The molecule has 2 aromatic rings. The van der Waals surface area contributed by atoms with E-state index in [0.717, 1.165) is 0 Å². The third-order valence-corrected chi connectivity index (χ3v) is 2.65. The van der Waals surface area contributed by atoms with Crippen LogP contribution in [0.4, 0.5) is 5.82 Å². The molecule has 17 heavy (non-hydrogen) atoms. The molecule has 88 valence electrons. The van der Waals surface area contributed by atoms with Crippen molar-refractivity contribution in [2.45, 2.75) is 0 Å². The minimum atomic E-state index is -1.15. The van der Waals surface area contributed by atoms with Crippen LogP contribution in [0, 0.1) is 0 Å². The predicted molar refractivity (Wildman–Crippen MR) is 60.2 cm³/mol. The zero-order valence-electron chi connectivity index (χ0n) is 8.75. The van der Waals surface area contributed by atoms with Crippen molar-refractivity contribution in [1.29, 1.82) is 0 Å². The van der Waals surface area contributed by atoms with Gasteiger partial charge in [-0.25, -0.2) is 9.78 Å². The molecule has 8 heteroatoms. The van der Waals surface area contributed by atoms with E-state index >= 15 is 0 Å². The van der Waals surface area contributed by atoms with Crippen LogP contribution in [-0.2, 0) is 7.05 Å². The number of carboxylic acid groups (broad SMARTS) is 1. The van der Waals surface area contributed by atoms with E-state index in [1.165, 1.54) is 27.7 Å². The van der Waals surface area contributed by atoms with Gasteiger partial charge >= 0.3 is 5.97 Å². The smallest absolute Gasteiger partial charge is 0.341 e. The number of carbonyl (C=O) groups is 2. The van der Waals surface area contributed by atoms with E-state index in [0.29, 0.717) is 0 Å². The van der Waals surface area contributed by atoms with Gasteiger partial charge < -0.3 is 10.4 Å². The summed E-state index contributed by atoms with van der Waals surface area (Å²) in [5.41, 5.74) is 1.71. The van der Waals surface area contributed by atoms with E-state index in [1.807, 2.05) is 0 Å². The fourth-order valence-corrected chi connectivity index (χ4v) is 1.77. The predicted octanol–water partition coefficient (Wildman–Crippen LogP) is 0.827. The Morgan fingerprint density at radius 3 is 2.88 bits per heavy atom. The van der Waals surface area contributed by atoms with Crippen molar-refractivity contribution in [3.8, 4) is 0 Å². The molecule has 2 rings (SSSR count). The van der Waals surface area contributed by atoms with Crippen molar-refractivity contribution >= 4 is 29.0 Å². The van der Waals surface area contributed by atoms with Crippen molar-refractivity contribution in [3.63, 3.8) is 0 Å². The van der Waals surface area contributed by atoms with Gasteiger partial charge in [0.05, 0.1) is 11.7 Å². The first-order valence-electron chi connectivity index (χ1n) is 4.54. The molecule has 2 heterocycles. The number of hydrogen-bond acceptors (Lipinski definition) is 5. The molecule has 0 aromatic carbocycles. The van der Waals surface area contributed by atoms with Gasteiger partial charge in [0, 0.05) is 12.4 Å². The molecule has 0 aliphatic carbocycles. The molecule has 0 aliphatic heterocycles. The van der Waals surface area contributed by atoms with Crippen LogP contribution in [0.2, 0.25) is 0 Å². The van der Waals surface area contributed by atoms with Crippen LogP contribution in [0.5, 0.6) is 0 Å². The number of thiazole rings is 1. The molecule has 0 aliphatic rings. The maximum atomic E-state index is 11.7. The van der Waals surface area contributed by atoms with Gasteiger partial charge in [-0.05, 0) is 0 Å². The number of carboxylic acids is 1. The van der Waals surface area contributed by atoms with Crippen LogP contribution in [-0.4, -0.2) is 31.7 Å². The van der Waals surface area contributed by atoms with Crippen molar-refractivity contribution in [3.05, 3.63) is 28.3 Å². The van der Waals surface area contributed by atoms with Gasteiger partial charge in [0.1, 0.15) is 17.1 Å². The Morgan fingerprint density at radius 1 is 1.53 bits per heavy atom. The van der Waals surface area contributed by atoms with Gasteiger partial charge in [-0.2, -0.15) is 5.10 Å². The molecule has 0 unspecified atom stereocenters. The van der Waals surface area contributed by atoms with Crippen LogP contribution >= 0.6 is 11.3 Å². The lowest BCUT2D eigenvalue weighted by atomic mass is 10.3. The third kappa shape index (κ3) is 2.16. The fourth-order valence-electron chi connectivity index (χ4n) is 1.24. The molecule has 0 fully saturated rings. The van der Waals surface area contributed by atoms with Crippen LogP contribution in [0.3, 0.4) is 0 Å². The maximum absolute atomic E-state index is 11.7. The largest absolute Gasteiger partial charge is 0.477 e. The maximum Gasteiger partial charge on any atom is 0.341 e. The Balaban J connectivity index is 2.27. The standard InChI is InChI=1S/C9H8N4O3S/c1-13-7(5(2-11-13)9(15)16)12-8(14)6-3-17-4-10-6/h2-4H,1H3,(H,12,14)(H,15,16). The number of rotatable bonds is 3. The number of nitrogens with zero attached hydrogens (tertiary/aromatic N) is 3. The number of carbonyl (C=O) groups excluding carboxylic acids is 1. The summed E-state index contributed by atoms with van der Waals surface area (Å²) in [6.07, 6.45) is 1.18. The Labute approximate surface area is 99.7 Å². The van der Waals surface area contributed by atoms with Crippen LogP contribution < -0.4 is 5.32 Å². The SMILES string of the molecule is Cn1ncc(C(=O)O)c1NC(=O)c1cscn1. The molecule has 0 saturated heterocycles. The zero-order chi connectivity index (χ0) is 12.4. The highest BCUT2D eigenvalue weighted by molar-refractivity contribution is 7.07. The first kappa shape index (κ1) is 11.3. The van der Waals surface area contributed by atoms with Gasteiger partial charge in [0.25, 0.3) is 5.91 Å². The van der Waals surface area contributed by atoms with Gasteiger partial charge in [-0.3, -0.25) is 9.48 Å². The minimum Gasteiger partial charge on any atom is -0.477 e. The number of hydrogen-bond donors (Lipinski definition) is 2. The van der Waals surface area contributed by atoms with Crippen molar-refractivity contribution in [1.82, 2.24) is 14.8 Å². The lowest BCUT2D eigenvalue weighted by Gasteiger charge is -2.04.